The van der Waals surface area contributed by atoms with Gasteiger partial charge in [0.25, 0.3) is 0 Å². The first-order valence-electron chi connectivity index (χ1n) is 13.2. The van der Waals surface area contributed by atoms with E-state index in [0.29, 0.717) is 19.5 Å². The quantitative estimate of drug-likeness (QED) is 0.337. The third-order valence-corrected chi connectivity index (χ3v) is 6.63. The standard InChI is InChI=1S/C31H43N3O2/c1-23(2)34(29(35)18-24(3)19-31(4,5)6)22-30(36)33(21-25-12-8-7-9-13-25)17-16-26-20-32-28-15-11-10-14-27(26)28/h7-15,20,23-24,32H,16-19,21-22H2,1-6H3. The Morgan fingerprint density at radius 1 is 0.917 bits per heavy atom. The molecule has 3 aromatic rings. The normalized spacial score (nSPS) is 12.6. The number of aromatic nitrogens is 1. The molecule has 1 N–H and O–H groups in total. The number of nitrogens with zero attached hydrogens (tertiary/aromatic N) is 2. The molecule has 2 amide bonds. The van der Waals surface area contributed by atoms with Crippen molar-refractivity contribution in [3.05, 3.63) is 71.9 Å². The summed E-state index contributed by atoms with van der Waals surface area (Å²) < 4.78 is 0. The molecule has 5 heteroatoms. The number of H-pyrrole nitrogens is 1. The Kier molecular flexibility index (Phi) is 9.36. The van der Waals surface area contributed by atoms with Gasteiger partial charge in [-0.15, -0.1) is 0 Å². The topological polar surface area (TPSA) is 56.4 Å². The van der Waals surface area contributed by atoms with Gasteiger partial charge in [0.15, 0.2) is 0 Å². The van der Waals surface area contributed by atoms with E-state index in [9.17, 15) is 9.59 Å². The third-order valence-electron chi connectivity index (χ3n) is 6.63. The van der Waals surface area contributed by atoms with Gasteiger partial charge in [-0.3, -0.25) is 9.59 Å². The monoisotopic (exact) mass is 489 g/mol. The molecule has 36 heavy (non-hydrogen) atoms. The highest BCUT2D eigenvalue weighted by Crippen LogP contribution is 2.26. The summed E-state index contributed by atoms with van der Waals surface area (Å²) in [6.07, 6.45) is 4.23. The van der Waals surface area contributed by atoms with E-state index in [1.165, 1.54) is 10.9 Å². The molecule has 0 spiro atoms. The van der Waals surface area contributed by atoms with Gasteiger partial charge in [-0.2, -0.15) is 0 Å². The van der Waals surface area contributed by atoms with Crippen LogP contribution < -0.4 is 0 Å². The van der Waals surface area contributed by atoms with E-state index in [-0.39, 0.29) is 35.7 Å². The summed E-state index contributed by atoms with van der Waals surface area (Å²) in [4.78, 5) is 33.9. The predicted molar refractivity (Wildman–Crippen MR) is 149 cm³/mol. The molecule has 1 atom stereocenters. The molecule has 0 radical (unpaired) electrons. The van der Waals surface area contributed by atoms with E-state index >= 15 is 0 Å². The zero-order valence-electron chi connectivity index (χ0n) is 22.9. The maximum absolute atomic E-state index is 13.6. The molecular formula is C31H43N3O2. The zero-order valence-corrected chi connectivity index (χ0v) is 22.9. The highest BCUT2D eigenvalue weighted by molar-refractivity contribution is 5.85. The molecule has 3 rings (SSSR count). The summed E-state index contributed by atoms with van der Waals surface area (Å²) in [5.41, 5.74) is 3.57. The van der Waals surface area contributed by atoms with Gasteiger partial charge in [-0.05, 0) is 55.2 Å². The molecule has 1 aromatic heterocycles. The summed E-state index contributed by atoms with van der Waals surface area (Å²) in [5, 5.41) is 1.19. The Morgan fingerprint density at radius 3 is 2.25 bits per heavy atom. The van der Waals surface area contributed by atoms with Gasteiger partial charge >= 0.3 is 0 Å². The Morgan fingerprint density at radius 2 is 1.58 bits per heavy atom. The summed E-state index contributed by atoms with van der Waals surface area (Å²) >= 11 is 0. The van der Waals surface area contributed by atoms with Gasteiger partial charge < -0.3 is 14.8 Å². The van der Waals surface area contributed by atoms with Crippen LogP contribution in [0.3, 0.4) is 0 Å². The van der Waals surface area contributed by atoms with E-state index in [1.807, 2.05) is 67.4 Å². The molecule has 0 saturated carbocycles. The number of aromatic amines is 1. The number of rotatable bonds is 11. The number of carbonyl (C=O) groups excluding carboxylic acids is 2. The SMILES string of the molecule is CC(CC(=O)N(CC(=O)N(CCc1c[nH]c2ccccc12)Cc1ccccc1)C(C)C)CC(C)(C)C. The summed E-state index contributed by atoms with van der Waals surface area (Å²) in [6, 6.07) is 18.3. The lowest BCUT2D eigenvalue weighted by Gasteiger charge is -2.32. The lowest BCUT2D eigenvalue weighted by Crippen LogP contribution is -2.46. The van der Waals surface area contributed by atoms with E-state index in [2.05, 4.69) is 44.8 Å². The lowest BCUT2D eigenvalue weighted by atomic mass is 9.84. The number of nitrogens with one attached hydrogen (secondary N) is 1. The Balaban J connectivity index is 1.73. The number of hydrogen-bond acceptors (Lipinski definition) is 2. The van der Waals surface area contributed by atoms with Gasteiger partial charge in [0, 0.05) is 42.7 Å². The number of hydrogen-bond donors (Lipinski definition) is 1. The highest BCUT2D eigenvalue weighted by Gasteiger charge is 2.26. The van der Waals surface area contributed by atoms with Crippen molar-refractivity contribution < 1.29 is 9.59 Å². The summed E-state index contributed by atoms with van der Waals surface area (Å²) in [5.74, 6) is 0.326. The molecule has 1 heterocycles. The van der Waals surface area contributed by atoms with Crippen LogP contribution in [0.1, 0.15) is 65.5 Å². The smallest absolute Gasteiger partial charge is 0.242 e. The van der Waals surface area contributed by atoms with Crippen LogP contribution in [-0.4, -0.2) is 45.7 Å². The van der Waals surface area contributed by atoms with Crippen LogP contribution in [0.4, 0.5) is 0 Å². The number of benzene rings is 2. The van der Waals surface area contributed by atoms with Crippen LogP contribution in [0.15, 0.2) is 60.8 Å². The minimum Gasteiger partial charge on any atom is -0.361 e. The molecule has 2 aromatic carbocycles. The van der Waals surface area contributed by atoms with Gasteiger partial charge in [0.1, 0.15) is 0 Å². The third kappa shape index (κ3) is 7.97. The minimum atomic E-state index is -0.0320. The fourth-order valence-corrected chi connectivity index (χ4v) is 5.03. The fourth-order valence-electron chi connectivity index (χ4n) is 5.03. The highest BCUT2D eigenvalue weighted by atomic mass is 16.2. The second-order valence-corrected chi connectivity index (χ2v) is 11.6. The zero-order chi connectivity index (χ0) is 26.3. The Bertz CT molecular complexity index is 1130. The number of carbonyl (C=O) groups is 2. The van der Waals surface area contributed by atoms with Gasteiger partial charge in [-0.1, -0.05) is 76.2 Å². The van der Waals surface area contributed by atoms with Crippen LogP contribution in [0, 0.1) is 11.3 Å². The van der Waals surface area contributed by atoms with Crippen LogP contribution in [0.2, 0.25) is 0 Å². The van der Waals surface area contributed by atoms with E-state index in [0.717, 1.165) is 23.9 Å². The van der Waals surface area contributed by atoms with Crippen LogP contribution in [0.25, 0.3) is 10.9 Å². The van der Waals surface area contributed by atoms with E-state index in [4.69, 9.17) is 0 Å². The average Bonchev–Trinajstić information content (AvgIpc) is 3.22. The molecule has 0 aliphatic carbocycles. The largest absolute Gasteiger partial charge is 0.361 e. The maximum atomic E-state index is 13.6. The first-order valence-corrected chi connectivity index (χ1v) is 13.2. The number of amides is 2. The van der Waals surface area contributed by atoms with Crippen molar-refractivity contribution >= 4 is 22.7 Å². The van der Waals surface area contributed by atoms with Crippen molar-refractivity contribution in [3.63, 3.8) is 0 Å². The number of para-hydroxylation sites is 1. The molecule has 1 unspecified atom stereocenters. The Labute approximate surface area is 216 Å². The van der Waals surface area contributed by atoms with Crippen LogP contribution >= 0.6 is 0 Å². The molecule has 0 fully saturated rings. The molecule has 0 aliphatic rings. The fraction of sp³-hybridized carbons (Fsp3) is 0.484. The van der Waals surface area contributed by atoms with Gasteiger partial charge in [0.2, 0.25) is 11.8 Å². The molecule has 194 valence electrons. The second-order valence-electron chi connectivity index (χ2n) is 11.6. The van der Waals surface area contributed by atoms with Crippen molar-refractivity contribution in [2.24, 2.45) is 11.3 Å². The minimum absolute atomic E-state index is 0.00998. The molecule has 0 saturated heterocycles. The molecule has 5 nitrogen and oxygen atoms in total. The average molecular weight is 490 g/mol. The first kappa shape index (κ1) is 27.5. The Hall–Kier alpha value is -3.08. The van der Waals surface area contributed by atoms with Crippen LogP contribution in [0.5, 0.6) is 0 Å². The van der Waals surface area contributed by atoms with Crippen molar-refractivity contribution in [2.45, 2.75) is 73.4 Å². The van der Waals surface area contributed by atoms with Crippen molar-refractivity contribution in [1.29, 1.82) is 0 Å². The van der Waals surface area contributed by atoms with Gasteiger partial charge in [-0.25, -0.2) is 0 Å². The summed E-state index contributed by atoms with van der Waals surface area (Å²) in [6.45, 7) is 14.0. The summed E-state index contributed by atoms with van der Waals surface area (Å²) in [7, 11) is 0. The van der Waals surface area contributed by atoms with Crippen LogP contribution in [-0.2, 0) is 22.6 Å². The maximum Gasteiger partial charge on any atom is 0.242 e. The first-order chi connectivity index (χ1) is 17.0. The lowest BCUT2D eigenvalue weighted by molar-refractivity contribution is -0.143. The van der Waals surface area contributed by atoms with Gasteiger partial charge in [0.05, 0.1) is 6.54 Å². The van der Waals surface area contributed by atoms with E-state index < -0.39 is 0 Å². The second kappa shape index (κ2) is 12.2. The van der Waals surface area contributed by atoms with Crippen molar-refractivity contribution in [3.8, 4) is 0 Å². The molecule has 0 aliphatic heterocycles. The number of fused-ring (bicyclic) bond motifs is 1. The molecule has 0 bridgehead atoms. The van der Waals surface area contributed by atoms with Crippen molar-refractivity contribution in [1.82, 2.24) is 14.8 Å². The van der Waals surface area contributed by atoms with E-state index in [1.54, 1.807) is 4.90 Å². The van der Waals surface area contributed by atoms with Crippen molar-refractivity contribution in [2.75, 3.05) is 13.1 Å². The molecular weight excluding hydrogens is 446 g/mol. The predicted octanol–water partition coefficient (Wildman–Crippen LogP) is 6.44.